The third-order valence-corrected chi connectivity index (χ3v) is 3.50. The Balaban J connectivity index is 2.02. The largest absolute Gasteiger partial charge is 0.347 e. The van der Waals surface area contributed by atoms with Gasteiger partial charge in [0.25, 0.3) is 5.91 Å². The summed E-state index contributed by atoms with van der Waals surface area (Å²) in [7, 11) is 7.34. The van der Waals surface area contributed by atoms with Crippen LogP contribution in [0.3, 0.4) is 0 Å². The van der Waals surface area contributed by atoms with Gasteiger partial charge in [0.1, 0.15) is 0 Å². The second kappa shape index (κ2) is 8.39. The first-order valence-electron chi connectivity index (χ1n) is 8.13. The Labute approximate surface area is 153 Å². The maximum Gasteiger partial charge on any atom is 0.259 e. The molecule has 0 aliphatic rings. The van der Waals surface area contributed by atoms with Crippen LogP contribution in [-0.2, 0) is 4.79 Å². The lowest BCUT2D eigenvalue weighted by Gasteiger charge is -2.13. The molecule has 0 bridgehead atoms. The lowest BCUT2D eigenvalue weighted by atomic mass is 10.2. The molecule has 1 aromatic heterocycles. The van der Waals surface area contributed by atoms with Crippen molar-refractivity contribution in [1.82, 2.24) is 14.9 Å². The molecule has 8 nitrogen and oxygen atoms in total. The van der Waals surface area contributed by atoms with Gasteiger partial charge in [-0.15, -0.1) is 0 Å². The van der Waals surface area contributed by atoms with Crippen LogP contribution >= 0.6 is 0 Å². The van der Waals surface area contributed by atoms with Gasteiger partial charge in [-0.1, -0.05) is 0 Å². The molecule has 1 aromatic carbocycles. The lowest BCUT2D eigenvalue weighted by Crippen LogP contribution is -2.27. The van der Waals surface area contributed by atoms with Gasteiger partial charge < -0.3 is 20.4 Å². The minimum absolute atomic E-state index is 0.0967. The molecule has 0 radical (unpaired) electrons. The molecule has 0 unspecified atom stereocenters. The van der Waals surface area contributed by atoms with Gasteiger partial charge in [-0.2, -0.15) is 0 Å². The minimum Gasteiger partial charge on any atom is -0.347 e. The van der Waals surface area contributed by atoms with E-state index in [2.05, 4.69) is 20.6 Å². The van der Waals surface area contributed by atoms with E-state index in [9.17, 15) is 9.59 Å². The molecule has 2 rings (SSSR count). The highest BCUT2D eigenvalue weighted by Gasteiger charge is 2.13. The van der Waals surface area contributed by atoms with Crippen LogP contribution in [0.1, 0.15) is 16.1 Å². The molecule has 0 aliphatic heterocycles. The molecule has 0 atom stereocenters. The Hall–Kier alpha value is -3.00. The summed E-state index contributed by atoms with van der Waals surface area (Å²) in [6, 6.07) is 6.93. The summed E-state index contributed by atoms with van der Waals surface area (Å²) < 4.78 is 0. The van der Waals surface area contributed by atoms with Gasteiger partial charge in [0.05, 0.1) is 17.8 Å². The normalized spacial score (nSPS) is 10.5. The van der Waals surface area contributed by atoms with Crippen molar-refractivity contribution in [2.45, 2.75) is 6.92 Å². The van der Waals surface area contributed by atoms with Gasteiger partial charge in [-0.25, -0.2) is 9.97 Å². The Kier molecular flexibility index (Phi) is 6.24. The first-order chi connectivity index (χ1) is 12.3. The van der Waals surface area contributed by atoms with Crippen molar-refractivity contribution in [1.29, 1.82) is 0 Å². The third kappa shape index (κ3) is 5.25. The molecule has 8 heteroatoms. The number of anilines is 3. The fourth-order valence-corrected chi connectivity index (χ4v) is 2.22. The quantitative estimate of drug-likeness (QED) is 0.817. The number of carbonyl (C=O) groups is 2. The summed E-state index contributed by atoms with van der Waals surface area (Å²) in [5, 5.41) is 5.60. The number of benzene rings is 1. The summed E-state index contributed by atoms with van der Waals surface area (Å²) in [5.74, 6) is 0.176. The number of aromatic nitrogens is 2. The molecule has 138 valence electrons. The van der Waals surface area contributed by atoms with E-state index in [0.29, 0.717) is 35.1 Å². The van der Waals surface area contributed by atoms with Crippen LogP contribution in [0.4, 0.5) is 17.3 Å². The Morgan fingerprint density at radius 3 is 2.08 bits per heavy atom. The SMILES string of the molecule is Cc1nc(N(C)C)ncc1C(=O)Nc1ccc(NC(=O)CN(C)C)cc1. The highest BCUT2D eigenvalue weighted by molar-refractivity contribution is 6.05. The number of hydrogen-bond donors (Lipinski definition) is 2. The molecule has 0 saturated carbocycles. The molecule has 0 spiro atoms. The number of nitrogens with zero attached hydrogens (tertiary/aromatic N) is 4. The average Bonchev–Trinajstić information content (AvgIpc) is 2.55. The first-order valence-corrected chi connectivity index (χ1v) is 8.13. The molecule has 26 heavy (non-hydrogen) atoms. The van der Waals surface area contributed by atoms with Crippen molar-refractivity contribution in [2.24, 2.45) is 0 Å². The first kappa shape index (κ1) is 19.3. The average molecular weight is 356 g/mol. The van der Waals surface area contributed by atoms with Crippen LogP contribution in [0.15, 0.2) is 30.5 Å². The molecule has 0 fully saturated rings. The van der Waals surface area contributed by atoms with Crippen LogP contribution in [0.2, 0.25) is 0 Å². The number of carbonyl (C=O) groups excluding carboxylic acids is 2. The van der Waals surface area contributed by atoms with Crippen molar-refractivity contribution in [3.8, 4) is 0 Å². The van der Waals surface area contributed by atoms with E-state index in [1.807, 2.05) is 28.2 Å². The van der Waals surface area contributed by atoms with Crippen LogP contribution < -0.4 is 15.5 Å². The van der Waals surface area contributed by atoms with Gasteiger partial charge in [0.15, 0.2) is 0 Å². The van der Waals surface area contributed by atoms with E-state index in [0.717, 1.165) is 0 Å². The van der Waals surface area contributed by atoms with E-state index in [1.54, 1.807) is 41.0 Å². The highest BCUT2D eigenvalue weighted by atomic mass is 16.2. The van der Waals surface area contributed by atoms with E-state index < -0.39 is 0 Å². The number of hydrogen-bond acceptors (Lipinski definition) is 6. The fraction of sp³-hybridized carbons (Fsp3) is 0.333. The monoisotopic (exact) mass is 356 g/mol. The maximum absolute atomic E-state index is 12.4. The Morgan fingerprint density at radius 2 is 1.58 bits per heavy atom. The van der Waals surface area contributed by atoms with Gasteiger partial charge in [0, 0.05) is 31.7 Å². The molecule has 1 heterocycles. The smallest absolute Gasteiger partial charge is 0.259 e. The van der Waals surface area contributed by atoms with Crippen molar-refractivity contribution in [3.63, 3.8) is 0 Å². The van der Waals surface area contributed by atoms with Crippen LogP contribution in [-0.4, -0.2) is 61.4 Å². The lowest BCUT2D eigenvalue weighted by molar-refractivity contribution is -0.116. The van der Waals surface area contributed by atoms with Crippen LogP contribution in [0, 0.1) is 6.92 Å². The third-order valence-electron chi connectivity index (χ3n) is 3.50. The van der Waals surface area contributed by atoms with Crippen molar-refractivity contribution >= 4 is 29.1 Å². The fourth-order valence-electron chi connectivity index (χ4n) is 2.22. The molecule has 0 saturated heterocycles. The molecule has 0 aliphatic carbocycles. The zero-order valence-electron chi connectivity index (χ0n) is 15.7. The second-order valence-corrected chi connectivity index (χ2v) is 6.38. The van der Waals surface area contributed by atoms with E-state index in [4.69, 9.17) is 0 Å². The second-order valence-electron chi connectivity index (χ2n) is 6.38. The number of likely N-dealkylation sites (N-methyl/N-ethyl adjacent to an activating group) is 1. The zero-order valence-corrected chi connectivity index (χ0v) is 15.7. The maximum atomic E-state index is 12.4. The molecule has 2 aromatic rings. The van der Waals surface area contributed by atoms with Crippen molar-refractivity contribution in [2.75, 3.05) is 50.3 Å². The van der Waals surface area contributed by atoms with E-state index >= 15 is 0 Å². The zero-order chi connectivity index (χ0) is 19.3. The highest BCUT2D eigenvalue weighted by Crippen LogP contribution is 2.16. The summed E-state index contributed by atoms with van der Waals surface area (Å²) in [6.45, 7) is 2.08. The molecular weight excluding hydrogens is 332 g/mol. The van der Waals surface area contributed by atoms with Crippen LogP contribution in [0.5, 0.6) is 0 Å². The molecule has 2 N–H and O–H groups in total. The summed E-state index contributed by atoms with van der Waals surface area (Å²) in [5.41, 5.74) is 2.31. The molecule has 2 amide bonds. The van der Waals surface area contributed by atoms with Crippen molar-refractivity contribution < 1.29 is 9.59 Å². The Bertz CT molecular complexity index is 787. The van der Waals surface area contributed by atoms with Crippen molar-refractivity contribution in [3.05, 3.63) is 41.7 Å². The minimum atomic E-state index is -0.280. The summed E-state index contributed by atoms with van der Waals surface area (Å²) in [4.78, 5) is 36.2. The number of nitrogens with one attached hydrogen (secondary N) is 2. The predicted molar refractivity (Wildman–Crippen MR) is 103 cm³/mol. The van der Waals surface area contributed by atoms with Gasteiger partial charge in [-0.05, 0) is 45.3 Å². The summed E-state index contributed by atoms with van der Waals surface area (Å²) >= 11 is 0. The number of rotatable bonds is 6. The van der Waals surface area contributed by atoms with E-state index in [1.165, 1.54) is 6.20 Å². The number of amides is 2. The van der Waals surface area contributed by atoms with Gasteiger partial charge in [-0.3, -0.25) is 9.59 Å². The van der Waals surface area contributed by atoms with E-state index in [-0.39, 0.29) is 11.8 Å². The molecular formula is C18H24N6O2. The topological polar surface area (TPSA) is 90.5 Å². The van der Waals surface area contributed by atoms with Crippen LogP contribution in [0.25, 0.3) is 0 Å². The van der Waals surface area contributed by atoms with Gasteiger partial charge in [0.2, 0.25) is 11.9 Å². The van der Waals surface area contributed by atoms with Gasteiger partial charge >= 0.3 is 0 Å². The Morgan fingerprint density at radius 1 is 1.00 bits per heavy atom. The number of aryl methyl sites for hydroxylation is 1. The standard InChI is InChI=1S/C18H24N6O2/c1-12-15(10-19-18(20-12)24(4)5)17(26)22-14-8-6-13(7-9-14)21-16(25)11-23(2)3/h6-10H,11H2,1-5H3,(H,21,25)(H,22,26). The predicted octanol–water partition coefficient (Wildman–Crippen LogP) is 1.60. The summed E-state index contributed by atoms with van der Waals surface area (Å²) in [6.07, 6.45) is 1.52.